The van der Waals surface area contributed by atoms with Gasteiger partial charge in [0.25, 0.3) is 12.3 Å². The molecule has 1 aliphatic carbocycles. The molecule has 1 aliphatic heterocycles. The third kappa shape index (κ3) is 3.69. The highest BCUT2D eigenvalue weighted by atomic mass is 32.2. The fourth-order valence-corrected chi connectivity index (χ4v) is 3.73. The number of nitrogens with one attached hydrogen (secondary N) is 2. The van der Waals surface area contributed by atoms with E-state index >= 15 is 0 Å². The molecule has 9 nitrogen and oxygen atoms in total. The van der Waals surface area contributed by atoms with Crippen molar-refractivity contribution < 1.29 is 26.8 Å². The summed E-state index contributed by atoms with van der Waals surface area (Å²) in [4.78, 5) is 26.6. The van der Waals surface area contributed by atoms with Gasteiger partial charge in [0.15, 0.2) is 0 Å². The highest BCUT2D eigenvalue weighted by molar-refractivity contribution is 7.88. The Morgan fingerprint density at radius 3 is 2.57 bits per heavy atom. The van der Waals surface area contributed by atoms with E-state index < -0.39 is 34.3 Å². The van der Waals surface area contributed by atoms with E-state index in [0.717, 1.165) is 12.3 Å². The fraction of sp³-hybridized carbons (Fsp3) is 0.438. The summed E-state index contributed by atoms with van der Waals surface area (Å²) < 4.78 is 51.9. The van der Waals surface area contributed by atoms with Crippen LogP contribution in [0.5, 0.6) is 0 Å². The third-order valence-electron chi connectivity index (χ3n) is 4.38. The number of nitrogens with zero attached hydrogens (tertiary/aromatic N) is 3. The number of rotatable bonds is 5. The van der Waals surface area contributed by atoms with Gasteiger partial charge in [-0.15, -0.1) is 4.83 Å². The van der Waals surface area contributed by atoms with Crippen molar-refractivity contribution in [3.05, 3.63) is 35.3 Å². The topological polar surface area (TPSA) is 113 Å². The van der Waals surface area contributed by atoms with Crippen LogP contribution in [0.2, 0.25) is 0 Å². The molecule has 12 heteroatoms. The lowest BCUT2D eigenvalue weighted by molar-refractivity contribution is -0.133. The van der Waals surface area contributed by atoms with Crippen LogP contribution in [-0.2, 0) is 14.8 Å². The van der Waals surface area contributed by atoms with E-state index in [9.17, 15) is 26.8 Å². The molecule has 0 bridgehead atoms. The monoisotopic (exact) mass is 415 g/mol. The molecule has 1 unspecified atom stereocenters. The Balaban J connectivity index is 2.06. The van der Waals surface area contributed by atoms with E-state index in [4.69, 9.17) is 0 Å². The van der Waals surface area contributed by atoms with Crippen LogP contribution in [0.4, 0.5) is 13.6 Å². The molecule has 3 rings (SSSR count). The van der Waals surface area contributed by atoms with Gasteiger partial charge in [-0.1, -0.05) is 0 Å². The third-order valence-corrected chi connectivity index (χ3v) is 4.89. The predicted octanol–water partition coefficient (Wildman–Crippen LogP) is 1.40. The van der Waals surface area contributed by atoms with E-state index in [0.29, 0.717) is 10.7 Å². The van der Waals surface area contributed by atoms with Crippen LogP contribution in [0.15, 0.2) is 29.6 Å². The molecule has 1 atom stereocenters. The first kappa shape index (κ1) is 20.1. The Kier molecular flexibility index (Phi) is 5.10. The van der Waals surface area contributed by atoms with Gasteiger partial charge in [0.05, 0.1) is 17.9 Å². The zero-order chi connectivity index (χ0) is 20.8. The van der Waals surface area contributed by atoms with Crippen LogP contribution in [0.3, 0.4) is 0 Å². The summed E-state index contributed by atoms with van der Waals surface area (Å²) in [6, 6.07) is 0.420. The lowest BCUT2D eigenvalue weighted by atomic mass is 9.83. The van der Waals surface area contributed by atoms with Gasteiger partial charge in [-0.05, 0) is 38.0 Å². The van der Waals surface area contributed by atoms with Gasteiger partial charge in [-0.3, -0.25) is 9.48 Å². The molecule has 2 N–H and O–H groups in total. The van der Waals surface area contributed by atoms with Gasteiger partial charge in [0.2, 0.25) is 10.0 Å². The largest absolute Gasteiger partial charge is 0.344 e. The van der Waals surface area contributed by atoms with Crippen LogP contribution in [-0.4, -0.2) is 47.8 Å². The molecule has 3 amide bonds. The molecule has 0 radical (unpaired) electrons. The number of allylic oxidation sites excluding steroid dienone is 3. The summed E-state index contributed by atoms with van der Waals surface area (Å²) >= 11 is 0. The summed E-state index contributed by atoms with van der Waals surface area (Å²) in [5, 5.41) is 6.81. The van der Waals surface area contributed by atoms with Gasteiger partial charge >= 0.3 is 6.03 Å². The number of hydrogen-bond donors (Lipinski definition) is 2. The number of sulfonamides is 1. The molecule has 0 spiro atoms. The quantitative estimate of drug-likeness (QED) is 0.755. The maximum Gasteiger partial charge on any atom is 0.344 e. The molecule has 1 fully saturated rings. The standard InChI is InChI=1S/C16H19F2N5O4S/c1-8(2)22-13(4-5-19-22)9-6-11-12(7-10(9)14(17)18)20-16(25)23(15(11)24)21-28(3,26)27/h4-5,7-8,11,14,21H,6H2,1-3H3,(H,20,25). The second-order valence-corrected chi connectivity index (χ2v) is 8.54. The predicted molar refractivity (Wildman–Crippen MR) is 95.1 cm³/mol. The number of amides is 3. The summed E-state index contributed by atoms with van der Waals surface area (Å²) in [6.45, 7) is 3.68. The van der Waals surface area contributed by atoms with E-state index in [2.05, 4.69) is 10.4 Å². The number of hydrogen-bond acceptors (Lipinski definition) is 5. The first-order valence-electron chi connectivity index (χ1n) is 8.38. The minimum Gasteiger partial charge on any atom is -0.309 e. The lowest BCUT2D eigenvalue weighted by Crippen LogP contribution is -2.60. The smallest absolute Gasteiger partial charge is 0.309 e. The van der Waals surface area contributed by atoms with Gasteiger partial charge in [-0.25, -0.2) is 22.0 Å². The first-order chi connectivity index (χ1) is 13.0. The molecule has 0 saturated carbocycles. The van der Waals surface area contributed by atoms with E-state index in [-0.39, 0.29) is 29.3 Å². The Morgan fingerprint density at radius 2 is 2.00 bits per heavy atom. The highest BCUT2D eigenvalue weighted by Gasteiger charge is 2.43. The number of imide groups is 1. The van der Waals surface area contributed by atoms with E-state index in [1.54, 1.807) is 10.7 Å². The first-order valence-corrected chi connectivity index (χ1v) is 10.3. The van der Waals surface area contributed by atoms with Crippen molar-refractivity contribution in [1.82, 2.24) is 24.9 Å². The number of alkyl halides is 2. The van der Waals surface area contributed by atoms with Crippen molar-refractivity contribution in [3.8, 4) is 0 Å². The molecule has 2 heterocycles. The number of aromatic nitrogens is 2. The second kappa shape index (κ2) is 7.09. The van der Waals surface area contributed by atoms with Crippen molar-refractivity contribution in [3.63, 3.8) is 0 Å². The maximum absolute atomic E-state index is 13.7. The van der Waals surface area contributed by atoms with Crippen LogP contribution >= 0.6 is 0 Å². The molecule has 1 aromatic rings. The van der Waals surface area contributed by atoms with Crippen molar-refractivity contribution in [2.45, 2.75) is 32.7 Å². The Morgan fingerprint density at radius 1 is 1.32 bits per heavy atom. The average molecular weight is 415 g/mol. The minimum atomic E-state index is -3.90. The number of halogens is 2. The number of fused-ring (bicyclic) bond motifs is 1. The maximum atomic E-state index is 13.7. The van der Waals surface area contributed by atoms with Crippen LogP contribution in [0.25, 0.3) is 5.57 Å². The average Bonchev–Trinajstić information content (AvgIpc) is 3.06. The molecule has 1 saturated heterocycles. The summed E-state index contributed by atoms with van der Waals surface area (Å²) in [5.41, 5.74) is 0.356. The van der Waals surface area contributed by atoms with Crippen molar-refractivity contribution in [1.29, 1.82) is 0 Å². The molecule has 2 aliphatic rings. The molecule has 28 heavy (non-hydrogen) atoms. The fourth-order valence-electron chi connectivity index (χ4n) is 3.23. The van der Waals surface area contributed by atoms with Gasteiger partial charge in [0, 0.05) is 23.5 Å². The number of carbonyl (C=O) groups is 2. The van der Waals surface area contributed by atoms with Crippen molar-refractivity contribution in [2.24, 2.45) is 5.92 Å². The molecule has 0 aromatic carbocycles. The van der Waals surface area contributed by atoms with E-state index in [1.807, 2.05) is 18.7 Å². The van der Waals surface area contributed by atoms with Crippen LogP contribution in [0, 0.1) is 5.92 Å². The summed E-state index contributed by atoms with van der Waals surface area (Å²) in [6.07, 6.45) is 0.385. The highest BCUT2D eigenvalue weighted by Crippen LogP contribution is 2.39. The Hall–Kier alpha value is -2.60. The number of urea groups is 1. The van der Waals surface area contributed by atoms with Crippen LogP contribution in [0.1, 0.15) is 32.0 Å². The Labute approximate surface area is 160 Å². The summed E-state index contributed by atoms with van der Waals surface area (Å²) in [5.74, 6) is -1.86. The second-order valence-electron chi connectivity index (χ2n) is 6.81. The number of hydrazine groups is 1. The number of carbonyl (C=O) groups excluding carboxylic acids is 2. The van der Waals surface area contributed by atoms with E-state index in [1.165, 1.54) is 6.20 Å². The molecular weight excluding hydrogens is 396 g/mol. The summed E-state index contributed by atoms with van der Waals surface area (Å²) in [7, 11) is -3.90. The normalized spacial score (nSPS) is 20.6. The lowest BCUT2D eigenvalue weighted by Gasteiger charge is -2.35. The SMILES string of the molecule is CC(C)n1nccc1C1=C(C(F)F)C=C2NC(=O)N(NS(C)(=O)=O)C(=O)C2C1. The zero-order valence-corrected chi connectivity index (χ0v) is 16.1. The minimum absolute atomic E-state index is 0.0104. The van der Waals surface area contributed by atoms with Crippen LogP contribution < -0.4 is 10.1 Å². The molecule has 1 aromatic heterocycles. The van der Waals surface area contributed by atoms with Gasteiger partial charge in [0.1, 0.15) is 0 Å². The molecular formula is C16H19F2N5O4S. The van der Waals surface area contributed by atoms with Gasteiger partial charge in [-0.2, -0.15) is 10.1 Å². The van der Waals surface area contributed by atoms with Crippen molar-refractivity contribution in [2.75, 3.05) is 6.26 Å². The zero-order valence-electron chi connectivity index (χ0n) is 15.3. The molecule has 152 valence electrons. The van der Waals surface area contributed by atoms with Gasteiger partial charge < -0.3 is 5.32 Å². The Bertz CT molecular complexity index is 996. The van der Waals surface area contributed by atoms with Crippen molar-refractivity contribution >= 4 is 27.5 Å².